The molecule has 1 heterocycles. The van der Waals surface area contributed by atoms with E-state index in [0.717, 1.165) is 28.0 Å². The molecule has 0 unspecified atom stereocenters. The Morgan fingerprint density at radius 2 is 1.71 bits per heavy atom. The molecule has 0 aliphatic carbocycles. The molecule has 0 saturated carbocycles. The normalized spacial score (nSPS) is 10.8. The van der Waals surface area contributed by atoms with Crippen LogP contribution in [0.1, 0.15) is 5.56 Å². The van der Waals surface area contributed by atoms with E-state index in [2.05, 4.69) is 40.7 Å². The monoisotopic (exact) mass is 357 g/mol. The lowest BCUT2D eigenvalue weighted by Gasteiger charge is -2.05. The lowest BCUT2D eigenvalue weighted by molar-refractivity contribution is 0.415. The summed E-state index contributed by atoms with van der Waals surface area (Å²) in [6.07, 6.45) is 2.09. The molecule has 6 heteroatoms. The highest BCUT2D eigenvalue weighted by atomic mass is 32.2. The molecule has 1 aromatic heterocycles. The van der Waals surface area contributed by atoms with Crippen LogP contribution in [0.5, 0.6) is 5.75 Å². The predicted octanol–water partition coefficient (Wildman–Crippen LogP) is 4.50. The van der Waals surface area contributed by atoms with Crippen molar-refractivity contribution in [3.8, 4) is 17.1 Å². The number of hydrogen-bond donors (Lipinski definition) is 0. The lowest BCUT2D eigenvalue weighted by Crippen LogP contribution is -1.95. The minimum Gasteiger partial charge on any atom is -0.497 e. The molecule has 0 amide bonds. The molecule has 0 bridgehead atoms. The number of ether oxygens (including phenoxy) is 1. The van der Waals surface area contributed by atoms with E-state index >= 15 is 0 Å². The van der Waals surface area contributed by atoms with Gasteiger partial charge >= 0.3 is 0 Å². The Balaban J connectivity index is 1.71. The maximum atomic E-state index is 5.20. The van der Waals surface area contributed by atoms with Gasteiger partial charge < -0.3 is 9.30 Å². The molecule has 24 heavy (non-hydrogen) atoms. The largest absolute Gasteiger partial charge is 0.497 e. The van der Waals surface area contributed by atoms with Crippen molar-refractivity contribution in [2.45, 2.75) is 15.8 Å². The Bertz CT molecular complexity index is 798. The van der Waals surface area contributed by atoms with Crippen LogP contribution in [0.25, 0.3) is 11.4 Å². The second-order valence-electron chi connectivity index (χ2n) is 5.23. The van der Waals surface area contributed by atoms with E-state index in [1.807, 2.05) is 35.9 Å². The Labute approximate surface area is 150 Å². The zero-order valence-corrected chi connectivity index (χ0v) is 15.5. The molecular weight excluding hydrogens is 338 g/mol. The first-order valence-electron chi connectivity index (χ1n) is 7.51. The highest BCUT2D eigenvalue weighted by Crippen LogP contribution is 2.27. The van der Waals surface area contributed by atoms with E-state index in [0.29, 0.717) is 0 Å². The zero-order chi connectivity index (χ0) is 16.9. The maximum absolute atomic E-state index is 5.20. The molecule has 0 radical (unpaired) electrons. The second kappa shape index (κ2) is 7.77. The number of thioether (sulfide) groups is 2. The number of benzene rings is 2. The topological polar surface area (TPSA) is 39.9 Å². The molecule has 0 aliphatic heterocycles. The summed E-state index contributed by atoms with van der Waals surface area (Å²) in [4.78, 5) is 1.28. The summed E-state index contributed by atoms with van der Waals surface area (Å²) in [5.74, 6) is 2.57. The minimum atomic E-state index is 0.837. The highest BCUT2D eigenvalue weighted by molar-refractivity contribution is 7.98. The van der Waals surface area contributed by atoms with Gasteiger partial charge in [0.1, 0.15) is 5.75 Å². The fourth-order valence-corrected chi connectivity index (χ4v) is 3.58. The van der Waals surface area contributed by atoms with E-state index < -0.39 is 0 Å². The smallest absolute Gasteiger partial charge is 0.191 e. The fourth-order valence-electron chi connectivity index (χ4n) is 2.30. The molecule has 0 N–H and O–H groups in total. The number of hydrogen-bond acceptors (Lipinski definition) is 5. The van der Waals surface area contributed by atoms with Crippen molar-refractivity contribution in [2.75, 3.05) is 13.4 Å². The maximum Gasteiger partial charge on any atom is 0.191 e. The quantitative estimate of drug-likeness (QED) is 0.607. The molecule has 2 aromatic carbocycles. The van der Waals surface area contributed by atoms with Crippen LogP contribution in [0, 0.1) is 0 Å². The van der Waals surface area contributed by atoms with Crippen LogP contribution in [0.2, 0.25) is 0 Å². The van der Waals surface area contributed by atoms with E-state index in [-0.39, 0.29) is 0 Å². The molecule has 0 spiro atoms. The Morgan fingerprint density at radius 1 is 1.00 bits per heavy atom. The van der Waals surface area contributed by atoms with E-state index in [9.17, 15) is 0 Å². The molecule has 3 aromatic rings. The summed E-state index contributed by atoms with van der Waals surface area (Å²) in [5, 5.41) is 9.56. The average molecular weight is 358 g/mol. The van der Waals surface area contributed by atoms with Gasteiger partial charge in [-0.05, 0) is 48.2 Å². The molecule has 124 valence electrons. The Morgan fingerprint density at radius 3 is 2.33 bits per heavy atom. The second-order valence-corrected chi connectivity index (χ2v) is 7.05. The van der Waals surface area contributed by atoms with E-state index in [1.165, 1.54) is 10.5 Å². The third kappa shape index (κ3) is 3.76. The summed E-state index contributed by atoms with van der Waals surface area (Å²) in [6.45, 7) is 0. The van der Waals surface area contributed by atoms with Gasteiger partial charge in [0.2, 0.25) is 0 Å². The van der Waals surface area contributed by atoms with Crippen LogP contribution in [-0.4, -0.2) is 28.1 Å². The third-order valence-electron chi connectivity index (χ3n) is 3.71. The van der Waals surface area contributed by atoms with Gasteiger partial charge in [-0.2, -0.15) is 0 Å². The molecule has 3 rings (SSSR count). The van der Waals surface area contributed by atoms with Crippen molar-refractivity contribution in [1.82, 2.24) is 14.8 Å². The van der Waals surface area contributed by atoms with Crippen LogP contribution in [0.4, 0.5) is 0 Å². The third-order valence-corrected chi connectivity index (χ3v) is 5.55. The van der Waals surface area contributed by atoms with Crippen molar-refractivity contribution in [2.24, 2.45) is 7.05 Å². The first-order chi connectivity index (χ1) is 11.7. The van der Waals surface area contributed by atoms with Gasteiger partial charge in [-0.3, -0.25) is 0 Å². The van der Waals surface area contributed by atoms with Gasteiger partial charge in [0, 0.05) is 23.3 Å². The highest BCUT2D eigenvalue weighted by Gasteiger charge is 2.11. The van der Waals surface area contributed by atoms with E-state index in [1.54, 1.807) is 30.6 Å². The SMILES string of the molecule is COc1ccc(-c2nnc(SCc3ccc(SC)cc3)n2C)cc1. The molecule has 0 aliphatic rings. The van der Waals surface area contributed by atoms with Crippen LogP contribution in [0.3, 0.4) is 0 Å². The van der Waals surface area contributed by atoms with Crippen molar-refractivity contribution in [1.29, 1.82) is 0 Å². The number of rotatable bonds is 6. The standard InChI is InChI=1S/C18H19N3OS2/c1-21-17(14-6-8-15(22-2)9-7-14)19-20-18(21)24-12-13-4-10-16(23-3)11-5-13/h4-11H,12H2,1-3H3. The summed E-state index contributed by atoms with van der Waals surface area (Å²) < 4.78 is 7.23. The summed E-state index contributed by atoms with van der Waals surface area (Å²) in [6, 6.07) is 16.5. The summed E-state index contributed by atoms with van der Waals surface area (Å²) in [7, 11) is 3.66. The fraction of sp³-hybridized carbons (Fsp3) is 0.222. The van der Waals surface area contributed by atoms with Gasteiger partial charge in [0.05, 0.1) is 7.11 Å². The van der Waals surface area contributed by atoms with E-state index in [4.69, 9.17) is 4.74 Å². The number of methoxy groups -OCH3 is 1. The van der Waals surface area contributed by atoms with Gasteiger partial charge in [-0.1, -0.05) is 23.9 Å². The van der Waals surface area contributed by atoms with Crippen molar-refractivity contribution in [3.05, 3.63) is 54.1 Å². The molecule has 0 fully saturated rings. The summed E-state index contributed by atoms with van der Waals surface area (Å²) >= 11 is 3.45. The Kier molecular flexibility index (Phi) is 5.48. The average Bonchev–Trinajstić information content (AvgIpc) is 3.01. The van der Waals surface area contributed by atoms with Gasteiger partial charge in [-0.15, -0.1) is 22.0 Å². The number of aromatic nitrogens is 3. The first-order valence-corrected chi connectivity index (χ1v) is 9.72. The molecule has 4 nitrogen and oxygen atoms in total. The lowest BCUT2D eigenvalue weighted by atomic mass is 10.2. The van der Waals surface area contributed by atoms with Gasteiger partial charge in [0.15, 0.2) is 11.0 Å². The van der Waals surface area contributed by atoms with Crippen molar-refractivity contribution in [3.63, 3.8) is 0 Å². The van der Waals surface area contributed by atoms with Gasteiger partial charge in [0.25, 0.3) is 0 Å². The summed E-state index contributed by atoms with van der Waals surface area (Å²) in [5.41, 5.74) is 2.31. The molecule has 0 atom stereocenters. The van der Waals surface area contributed by atoms with Crippen LogP contribution in [-0.2, 0) is 12.8 Å². The predicted molar refractivity (Wildman–Crippen MR) is 101 cm³/mol. The van der Waals surface area contributed by atoms with Crippen molar-refractivity contribution < 1.29 is 4.74 Å². The van der Waals surface area contributed by atoms with Gasteiger partial charge in [-0.25, -0.2) is 0 Å². The zero-order valence-electron chi connectivity index (χ0n) is 13.9. The van der Waals surface area contributed by atoms with Crippen LogP contribution in [0.15, 0.2) is 58.6 Å². The molecular formula is C18H19N3OS2. The first kappa shape index (κ1) is 16.9. The Hall–Kier alpha value is -1.92. The van der Waals surface area contributed by atoms with Crippen LogP contribution >= 0.6 is 23.5 Å². The molecule has 0 saturated heterocycles. The minimum absolute atomic E-state index is 0.837. The van der Waals surface area contributed by atoms with Crippen LogP contribution < -0.4 is 4.74 Å². The van der Waals surface area contributed by atoms with Crippen molar-refractivity contribution >= 4 is 23.5 Å². The number of nitrogens with zero attached hydrogens (tertiary/aromatic N) is 3.